The molecular weight excluding hydrogens is 504 g/mol. The van der Waals surface area contributed by atoms with Crippen molar-refractivity contribution in [2.24, 2.45) is 28.6 Å². The fraction of sp³-hybridized carbons (Fsp3) is 0.618. The zero-order valence-electron chi connectivity index (χ0n) is 23.5. The molecule has 3 aliphatic heterocycles. The molecule has 7 atom stereocenters. The number of alkyl halides is 1. The number of aromatic hydroxyl groups is 1. The molecule has 4 nitrogen and oxygen atoms in total. The number of hydrogen-bond donors (Lipinski definition) is 1. The third-order valence-corrected chi connectivity index (χ3v) is 12.3. The van der Waals surface area contributed by atoms with Crippen LogP contribution in [0.5, 0.6) is 5.75 Å². The number of piperidine rings is 1. The molecular formula is C34H43ClN2O2. The zero-order valence-corrected chi connectivity index (χ0v) is 24.3. The highest BCUT2D eigenvalue weighted by Crippen LogP contribution is 2.86. The summed E-state index contributed by atoms with van der Waals surface area (Å²) in [5, 5.41) is 10.8. The van der Waals surface area contributed by atoms with Gasteiger partial charge in [-0.25, -0.2) is 0 Å². The Balaban J connectivity index is 1.36. The van der Waals surface area contributed by atoms with E-state index in [1.165, 1.54) is 49.9 Å². The number of amides is 1. The second kappa shape index (κ2) is 8.98. The van der Waals surface area contributed by atoms with Crippen LogP contribution >= 0.6 is 11.6 Å². The first-order valence-electron chi connectivity index (χ1n) is 15.3. The van der Waals surface area contributed by atoms with Crippen LogP contribution in [-0.4, -0.2) is 58.4 Å². The molecule has 2 bridgehead atoms. The minimum absolute atomic E-state index is 0.0162. The summed E-state index contributed by atoms with van der Waals surface area (Å²) in [6.45, 7) is 11.9. The molecule has 6 unspecified atom stereocenters. The van der Waals surface area contributed by atoms with Crippen LogP contribution in [0.3, 0.4) is 0 Å². The van der Waals surface area contributed by atoms with E-state index in [1.54, 1.807) is 6.08 Å². The predicted octanol–water partition coefficient (Wildman–Crippen LogP) is 6.23. The number of benzene rings is 1. The Morgan fingerprint density at radius 3 is 2.77 bits per heavy atom. The van der Waals surface area contributed by atoms with Gasteiger partial charge < -0.3 is 10.0 Å². The highest BCUT2D eigenvalue weighted by molar-refractivity contribution is 6.19. The van der Waals surface area contributed by atoms with Crippen molar-refractivity contribution in [1.29, 1.82) is 0 Å². The third-order valence-electron chi connectivity index (χ3n) is 12.1. The smallest absolute Gasteiger partial charge is 0.254 e. The molecule has 208 valence electrons. The van der Waals surface area contributed by atoms with Gasteiger partial charge in [-0.05, 0) is 85.0 Å². The minimum Gasteiger partial charge on any atom is -0.508 e. The van der Waals surface area contributed by atoms with Gasteiger partial charge in [0, 0.05) is 54.0 Å². The molecule has 1 N–H and O–H groups in total. The maximum Gasteiger partial charge on any atom is 0.254 e. The van der Waals surface area contributed by atoms with Crippen molar-refractivity contribution in [3.63, 3.8) is 0 Å². The molecule has 8 rings (SSSR count). The fourth-order valence-corrected chi connectivity index (χ4v) is 11.2. The molecule has 1 aromatic rings. The van der Waals surface area contributed by atoms with Crippen molar-refractivity contribution in [2.45, 2.75) is 76.3 Å². The quantitative estimate of drug-likeness (QED) is 0.250. The van der Waals surface area contributed by atoms with Gasteiger partial charge in [0.15, 0.2) is 0 Å². The first-order chi connectivity index (χ1) is 18.9. The van der Waals surface area contributed by atoms with Gasteiger partial charge in [-0.1, -0.05) is 57.2 Å². The molecule has 1 amide bonds. The van der Waals surface area contributed by atoms with Crippen LogP contribution in [0.2, 0.25) is 0 Å². The molecule has 5 heteroatoms. The van der Waals surface area contributed by atoms with E-state index in [2.05, 4.69) is 42.4 Å². The van der Waals surface area contributed by atoms with Crippen molar-refractivity contribution in [3.05, 3.63) is 65.8 Å². The Kier molecular flexibility index (Phi) is 5.96. The van der Waals surface area contributed by atoms with Crippen molar-refractivity contribution in [3.8, 4) is 5.75 Å². The van der Waals surface area contributed by atoms with E-state index in [0.29, 0.717) is 35.1 Å². The van der Waals surface area contributed by atoms with E-state index in [9.17, 15) is 9.90 Å². The molecule has 6 fully saturated rings. The van der Waals surface area contributed by atoms with Crippen LogP contribution in [0.1, 0.15) is 63.5 Å². The topological polar surface area (TPSA) is 43.8 Å². The van der Waals surface area contributed by atoms with Crippen LogP contribution in [-0.2, 0) is 16.6 Å². The first kappa shape index (κ1) is 25.9. The summed E-state index contributed by atoms with van der Waals surface area (Å²) in [5.74, 6) is 2.57. The first-order valence-corrected chi connectivity index (χ1v) is 15.8. The lowest BCUT2D eigenvalue weighted by Crippen LogP contribution is -2.93. The third kappa shape index (κ3) is 3.19. The Hall–Kier alpha value is -2.04. The van der Waals surface area contributed by atoms with Crippen molar-refractivity contribution in [2.75, 3.05) is 25.5 Å². The van der Waals surface area contributed by atoms with Crippen LogP contribution < -0.4 is 0 Å². The Bertz CT molecular complexity index is 1270. The van der Waals surface area contributed by atoms with Gasteiger partial charge in [0.1, 0.15) is 5.75 Å². The van der Waals surface area contributed by atoms with Gasteiger partial charge in [0.25, 0.3) is 5.91 Å². The van der Waals surface area contributed by atoms with E-state index in [-0.39, 0.29) is 28.2 Å². The van der Waals surface area contributed by atoms with Crippen molar-refractivity contribution < 1.29 is 9.90 Å². The van der Waals surface area contributed by atoms with Gasteiger partial charge in [-0.3, -0.25) is 9.69 Å². The number of halogens is 1. The van der Waals surface area contributed by atoms with Gasteiger partial charge in [-0.15, -0.1) is 11.6 Å². The number of phenols is 1. The van der Waals surface area contributed by atoms with Crippen LogP contribution in [0.25, 0.3) is 0 Å². The van der Waals surface area contributed by atoms with E-state index < -0.39 is 0 Å². The minimum atomic E-state index is 0.0162. The maximum absolute atomic E-state index is 14.3. The molecule has 0 radical (unpaired) electrons. The standard InChI is InChI=1S/C34H43ClN2O2/c1-4-7-25(8-6-15-35)30(39)37-20-23(5-2)17-32-14-13-29(37)22(3)34(32)28-16-27(38)12-11-26(28)18-33(34)21-36(31(32)33)19-24-9-10-24/h4,6-8,11-12,16,22-24,29,31,38H,1,5,9-10,13-15,17-21H2,2-3H3/b8-6-,25-7+/t22?,23-,29?,31?,32?,33?,34?/m1/s1. The summed E-state index contributed by atoms with van der Waals surface area (Å²) in [6, 6.07) is 7.05. The Labute approximate surface area is 238 Å². The summed E-state index contributed by atoms with van der Waals surface area (Å²) < 4.78 is 0. The maximum atomic E-state index is 14.3. The van der Waals surface area contributed by atoms with Crippen molar-refractivity contribution >= 4 is 17.5 Å². The summed E-state index contributed by atoms with van der Waals surface area (Å²) in [7, 11) is 0. The van der Waals surface area contributed by atoms with Gasteiger partial charge in [0.05, 0.1) is 0 Å². The number of phenolic OH excluding ortho intramolecular Hbond substituents is 1. The summed E-state index contributed by atoms with van der Waals surface area (Å²) in [4.78, 5) is 19.4. The lowest BCUT2D eigenvalue weighted by atomic mass is 9.23. The van der Waals surface area contributed by atoms with Crippen molar-refractivity contribution in [1.82, 2.24) is 9.80 Å². The number of hydrogen-bond acceptors (Lipinski definition) is 3. The van der Waals surface area contributed by atoms with E-state index >= 15 is 0 Å². The van der Waals surface area contributed by atoms with E-state index in [0.717, 1.165) is 31.7 Å². The van der Waals surface area contributed by atoms with E-state index in [1.807, 2.05) is 24.3 Å². The Morgan fingerprint density at radius 2 is 2.05 bits per heavy atom. The average Bonchev–Trinajstić information content (AvgIpc) is 3.67. The average molecular weight is 547 g/mol. The number of allylic oxidation sites excluding steroid dienone is 3. The summed E-state index contributed by atoms with van der Waals surface area (Å²) in [6.07, 6.45) is 15.7. The second-order valence-electron chi connectivity index (χ2n) is 13.7. The molecule has 3 spiro atoms. The molecule has 39 heavy (non-hydrogen) atoms. The Morgan fingerprint density at radius 1 is 1.23 bits per heavy atom. The monoisotopic (exact) mass is 546 g/mol. The molecule has 3 saturated heterocycles. The zero-order chi connectivity index (χ0) is 27.2. The second-order valence-corrected chi connectivity index (χ2v) is 14.0. The van der Waals surface area contributed by atoms with E-state index in [4.69, 9.17) is 11.6 Å². The number of likely N-dealkylation sites (tertiary alicyclic amines) is 1. The summed E-state index contributed by atoms with van der Waals surface area (Å²) >= 11 is 5.97. The van der Waals surface area contributed by atoms with Gasteiger partial charge in [-0.2, -0.15) is 0 Å². The normalized spacial score (nSPS) is 40.6. The molecule has 3 saturated carbocycles. The predicted molar refractivity (Wildman–Crippen MR) is 157 cm³/mol. The molecule has 7 aliphatic rings. The van der Waals surface area contributed by atoms with Gasteiger partial charge >= 0.3 is 0 Å². The highest BCUT2D eigenvalue weighted by Gasteiger charge is 2.89. The largest absolute Gasteiger partial charge is 0.508 e. The van der Waals surface area contributed by atoms with Gasteiger partial charge in [0.2, 0.25) is 0 Å². The number of nitrogens with zero attached hydrogens (tertiary/aromatic N) is 2. The van der Waals surface area contributed by atoms with Crippen LogP contribution in [0.4, 0.5) is 0 Å². The highest BCUT2D eigenvalue weighted by atomic mass is 35.5. The van der Waals surface area contributed by atoms with Crippen LogP contribution in [0, 0.1) is 28.6 Å². The SMILES string of the molecule is C=C/C=C(\C=C/CCl)C(=O)N1C[C@H](CC)CC23CCC1C(C)C21c2cc(O)ccc2CC12CN(CC1CC1)C32. The summed E-state index contributed by atoms with van der Waals surface area (Å²) in [5.41, 5.74) is 4.01. The molecule has 0 aromatic heterocycles. The van der Waals surface area contributed by atoms with Crippen LogP contribution in [0.15, 0.2) is 54.7 Å². The lowest BCUT2D eigenvalue weighted by molar-refractivity contribution is -0.353. The molecule has 4 aliphatic carbocycles. The number of carbonyl (C=O) groups is 1. The number of rotatable bonds is 7. The fourth-order valence-electron chi connectivity index (χ4n) is 11.1. The number of fused-ring (bicyclic) bond motifs is 5. The molecule has 3 heterocycles. The lowest BCUT2D eigenvalue weighted by Gasteiger charge is -2.87. The number of carbonyl (C=O) groups excluding carboxylic acids is 1. The molecule has 1 aromatic carbocycles.